The third kappa shape index (κ3) is 5.94. The van der Waals surface area contributed by atoms with Crippen molar-refractivity contribution in [2.45, 2.75) is 58.8 Å². The first-order chi connectivity index (χ1) is 11.0. The highest BCUT2D eigenvalue weighted by Gasteiger charge is 2.28. The van der Waals surface area contributed by atoms with Crippen LogP contribution in [-0.2, 0) is 17.6 Å². The molecule has 0 spiro atoms. The average molecular weight is 322 g/mol. The SMILES string of the molecule is CCCc1noc(CCCC(=O)NCC2(C)CCN(C)CC2)n1. The van der Waals surface area contributed by atoms with Crippen LogP contribution in [0, 0.1) is 5.41 Å². The molecule has 1 fully saturated rings. The summed E-state index contributed by atoms with van der Waals surface area (Å²) in [5.74, 6) is 1.53. The molecular formula is C17H30N4O2. The molecular weight excluding hydrogens is 292 g/mol. The Morgan fingerprint density at radius 1 is 1.35 bits per heavy atom. The fourth-order valence-corrected chi connectivity index (χ4v) is 2.85. The first-order valence-corrected chi connectivity index (χ1v) is 8.77. The average Bonchev–Trinajstić information content (AvgIpc) is 2.97. The number of likely N-dealkylation sites (tertiary alicyclic amines) is 1. The lowest BCUT2D eigenvalue weighted by molar-refractivity contribution is -0.121. The Labute approximate surface area is 139 Å². The first kappa shape index (κ1) is 17.9. The van der Waals surface area contributed by atoms with Gasteiger partial charge in [-0.05, 0) is 51.2 Å². The number of hydrogen-bond acceptors (Lipinski definition) is 5. The van der Waals surface area contributed by atoms with Crippen molar-refractivity contribution in [3.8, 4) is 0 Å². The van der Waals surface area contributed by atoms with Crippen molar-refractivity contribution in [3.05, 3.63) is 11.7 Å². The van der Waals surface area contributed by atoms with Crippen molar-refractivity contribution in [2.75, 3.05) is 26.7 Å². The molecule has 1 N–H and O–H groups in total. The van der Waals surface area contributed by atoms with E-state index in [-0.39, 0.29) is 11.3 Å². The van der Waals surface area contributed by atoms with Crippen LogP contribution in [0.5, 0.6) is 0 Å². The minimum Gasteiger partial charge on any atom is -0.356 e. The smallest absolute Gasteiger partial charge is 0.226 e. The van der Waals surface area contributed by atoms with E-state index in [1.165, 1.54) is 0 Å². The standard InChI is InChI=1S/C17H30N4O2/c1-4-6-14-19-16(23-20-14)8-5-7-15(22)18-13-17(2)9-11-21(3)12-10-17/h4-13H2,1-3H3,(H,18,22). The molecule has 0 saturated carbocycles. The summed E-state index contributed by atoms with van der Waals surface area (Å²) in [6, 6.07) is 0. The highest BCUT2D eigenvalue weighted by atomic mass is 16.5. The number of carbonyl (C=O) groups excluding carboxylic acids is 1. The largest absolute Gasteiger partial charge is 0.356 e. The molecule has 2 heterocycles. The van der Waals surface area contributed by atoms with Gasteiger partial charge in [0.1, 0.15) is 0 Å². The second-order valence-corrected chi connectivity index (χ2v) is 7.10. The summed E-state index contributed by atoms with van der Waals surface area (Å²) in [4.78, 5) is 18.7. The molecule has 1 saturated heterocycles. The summed E-state index contributed by atoms with van der Waals surface area (Å²) >= 11 is 0. The van der Waals surface area contributed by atoms with Gasteiger partial charge in [-0.15, -0.1) is 0 Å². The van der Waals surface area contributed by atoms with Crippen LogP contribution in [0.4, 0.5) is 0 Å². The van der Waals surface area contributed by atoms with E-state index in [1.54, 1.807) is 0 Å². The molecule has 0 aromatic carbocycles. The molecule has 0 radical (unpaired) electrons. The second-order valence-electron chi connectivity index (χ2n) is 7.10. The van der Waals surface area contributed by atoms with Gasteiger partial charge in [0, 0.05) is 25.8 Å². The molecule has 1 aromatic rings. The van der Waals surface area contributed by atoms with Crippen LogP contribution in [-0.4, -0.2) is 47.6 Å². The van der Waals surface area contributed by atoms with Crippen molar-refractivity contribution in [1.82, 2.24) is 20.4 Å². The van der Waals surface area contributed by atoms with Crippen LogP contribution in [0.25, 0.3) is 0 Å². The normalized spacial score (nSPS) is 18.0. The molecule has 6 nitrogen and oxygen atoms in total. The van der Waals surface area contributed by atoms with E-state index in [0.717, 1.165) is 57.6 Å². The third-order valence-corrected chi connectivity index (χ3v) is 4.68. The van der Waals surface area contributed by atoms with Crippen LogP contribution in [0.1, 0.15) is 57.7 Å². The molecule has 2 rings (SSSR count). The lowest BCUT2D eigenvalue weighted by Gasteiger charge is -2.37. The maximum absolute atomic E-state index is 12.0. The van der Waals surface area contributed by atoms with Gasteiger partial charge < -0.3 is 14.7 Å². The summed E-state index contributed by atoms with van der Waals surface area (Å²) in [6.45, 7) is 7.37. The van der Waals surface area contributed by atoms with Crippen molar-refractivity contribution >= 4 is 5.91 Å². The van der Waals surface area contributed by atoms with E-state index in [4.69, 9.17) is 4.52 Å². The summed E-state index contributed by atoms with van der Waals surface area (Å²) in [5.41, 5.74) is 0.240. The molecule has 1 amide bonds. The number of nitrogens with one attached hydrogen (secondary N) is 1. The molecule has 6 heteroatoms. The number of carbonyl (C=O) groups is 1. The van der Waals surface area contributed by atoms with E-state index < -0.39 is 0 Å². The molecule has 0 aliphatic carbocycles. The van der Waals surface area contributed by atoms with Crippen molar-refractivity contribution < 1.29 is 9.32 Å². The fraction of sp³-hybridized carbons (Fsp3) is 0.824. The predicted molar refractivity (Wildman–Crippen MR) is 89.1 cm³/mol. The van der Waals surface area contributed by atoms with Gasteiger partial charge in [-0.1, -0.05) is 19.0 Å². The Balaban J connectivity index is 1.63. The minimum absolute atomic E-state index is 0.124. The van der Waals surface area contributed by atoms with Crippen molar-refractivity contribution in [2.24, 2.45) is 5.41 Å². The quantitative estimate of drug-likeness (QED) is 0.794. The van der Waals surface area contributed by atoms with E-state index in [0.29, 0.717) is 18.7 Å². The van der Waals surface area contributed by atoms with Gasteiger partial charge in [-0.2, -0.15) is 4.98 Å². The Kier molecular flexibility index (Phi) is 6.57. The zero-order valence-corrected chi connectivity index (χ0v) is 14.7. The molecule has 0 atom stereocenters. The number of aromatic nitrogens is 2. The van der Waals surface area contributed by atoms with E-state index in [9.17, 15) is 4.79 Å². The van der Waals surface area contributed by atoms with E-state index >= 15 is 0 Å². The maximum Gasteiger partial charge on any atom is 0.226 e. The monoisotopic (exact) mass is 322 g/mol. The highest BCUT2D eigenvalue weighted by Crippen LogP contribution is 2.29. The highest BCUT2D eigenvalue weighted by molar-refractivity contribution is 5.75. The number of aryl methyl sites for hydroxylation is 2. The molecule has 23 heavy (non-hydrogen) atoms. The van der Waals surface area contributed by atoms with E-state index in [1.807, 2.05) is 0 Å². The topological polar surface area (TPSA) is 71.3 Å². The lowest BCUT2D eigenvalue weighted by atomic mass is 9.80. The molecule has 1 aromatic heterocycles. The van der Waals surface area contributed by atoms with Gasteiger partial charge in [0.05, 0.1) is 0 Å². The predicted octanol–water partition coefficient (Wildman–Crippen LogP) is 2.19. The van der Waals surface area contributed by atoms with Gasteiger partial charge in [0.15, 0.2) is 5.82 Å². The van der Waals surface area contributed by atoms with Crippen molar-refractivity contribution in [1.29, 1.82) is 0 Å². The van der Waals surface area contributed by atoms with Crippen molar-refractivity contribution in [3.63, 3.8) is 0 Å². The number of rotatable bonds is 8. The number of hydrogen-bond donors (Lipinski definition) is 1. The van der Waals surface area contributed by atoms with Crippen LogP contribution in [0.2, 0.25) is 0 Å². The first-order valence-electron chi connectivity index (χ1n) is 8.77. The Morgan fingerprint density at radius 2 is 2.09 bits per heavy atom. The van der Waals surface area contributed by atoms with Gasteiger partial charge in [-0.25, -0.2) is 0 Å². The second kappa shape index (κ2) is 8.43. The fourth-order valence-electron chi connectivity index (χ4n) is 2.85. The Hall–Kier alpha value is -1.43. The minimum atomic E-state index is 0.124. The number of piperidine rings is 1. The molecule has 0 unspecified atom stereocenters. The zero-order chi connectivity index (χ0) is 16.7. The molecule has 1 aliphatic rings. The summed E-state index contributed by atoms with van der Waals surface area (Å²) in [7, 11) is 2.15. The van der Waals surface area contributed by atoms with Crippen LogP contribution >= 0.6 is 0 Å². The Bertz CT molecular complexity index is 493. The number of amides is 1. The van der Waals surface area contributed by atoms with Gasteiger partial charge in [0.2, 0.25) is 11.8 Å². The summed E-state index contributed by atoms with van der Waals surface area (Å²) < 4.78 is 5.18. The lowest BCUT2D eigenvalue weighted by Crippen LogP contribution is -2.43. The van der Waals surface area contributed by atoms with Gasteiger partial charge in [0.25, 0.3) is 0 Å². The molecule has 0 bridgehead atoms. The molecule has 130 valence electrons. The summed E-state index contributed by atoms with van der Waals surface area (Å²) in [6.07, 6.45) is 6.08. The van der Waals surface area contributed by atoms with Gasteiger partial charge in [-0.3, -0.25) is 4.79 Å². The zero-order valence-electron chi connectivity index (χ0n) is 14.7. The van der Waals surface area contributed by atoms with Crippen LogP contribution in [0.3, 0.4) is 0 Å². The van der Waals surface area contributed by atoms with Crippen LogP contribution in [0.15, 0.2) is 4.52 Å². The molecule has 1 aliphatic heterocycles. The van der Waals surface area contributed by atoms with Gasteiger partial charge >= 0.3 is 0 Å². The summed E-state index contributed by atoms with van der Waals surface area (Å²) in [5, 5.41) is 7.02. The Morgan fingerprint density at radius 3 is 2.78 bits per heavy atom. The van der Waals surface area contributed by atoms with E-state index in [2.05, 4.69) is 41.3 Å². The van der Waals surface area contributed by atoms with Crippen LogP contribution < -0.4 is 5.32 Å². The third-order valence-electron chi connectivity index (χ3n) is 4.68. The number of nitrogens with zero attached hydrogens (tertiary/aromatic N) is 3. The maximum atomic E-state index is 12.0.